The van der Waals surface area contributed by atoms with Crippen molar-refractivity contribution in [3.05, 3.63) is 60.7 Å². The minimum absolute atomic E-state index is 0.122. The van der Waals surface area contributed by atoms with Crippen molar-refractivity contribution >= 4 is 5.91 Å². The van der Waals surface area contributed by atoms with Crippen LogP contribution in [0.15, 0.2) is 49.6 Å². The molecule has 0 aliphatic rings. The molecule has 0 saturated carbocycles. The minimum atomic E-state index is -0.412. The van der Waals surface area contributed by atoms with E-state index < -0.39 is 5.91 Å². The molecule has 0 bridgehead atoms. The largest absolute Gasteiger partial charge is 0.366 e. The van der Waals surface area contributed by atoms with Crippen LogP contribution in [-0.2, 0) is 0 Å². The molecule has 1 amide bonds. The van der Waals surface area contributed by atoms with Gasteiger partial charge in [-0.1, -0.05) is 24.3 Å². The number of rotatable bonds is 4. The molecule has 72 valence electrons. The lowest BCUT2D eigenvalue weighted by atomic mass is 9.98. The van der Waals surface area contributed by atoms with Crippen LogP contribution in [0.25, 0.3) is 0 Å². The summed E-state index contributed by atoms with van der Waals surface area (Å²) in [6.45, 7) is 7.41. The number of allylic oxidation sites excluding steroid dienone is 2. The van der Waals surface area contributed by atoms with E-state index in [4.69, 9.17) is 5.73 Å². The van der Waals surface area contributed by atoms with Gasteiger partial charge in [-0.2, -0.15) is 0 Å². The maximum absolute atomic E-state index is 10.8. The van der Waals surface area contributed by atoms with Crippen molar-refractivity contribution in [1.29, 1.82) is 0 Å². The lowest BCUT2D eigenvalue weighted by Gasteiger charge is -2.07. The topological polar surface area (TPSA) is 43.1 Å². The number of hydrogen-bond acceptors (Lipinski definition) is 1. The van der Waals surface area contributed by atoms with Gasteiger partial charge in [0.05, 0.1) is 0 Å². The molecule has 0 fully saturated rings. The molecule has 0 unspecified atom stereocenters. The van der Waals surface area contributed by atoms with Gasteiger partial charge in [0.1, 0.15) is 0 Å². The Bertz CT molecular complexity index is 343. The summed E-state index contributed by atoms with van der Waals surface area (Å²) in [5, 5.41) is 0. The van der Waals surface area contributed by atoms with Crippen molar-refractivity contribution in [2.24, 2.45) is 5.73 Å². The molecule has 2 N–H and O–H groups in total. The summed E-state index contributed by atoms with van der Waals surface area (Å²) < 4.78 is 0. The van der Waals surface area contributed by atoms with Crippen LogP contribution in [0, 0.1) is 0 Å². The van der Waals surface area contributed by atoms with Crippen LogP contribution in [0.5, 0.6) is 0 Å². The molecule has 14 heavy (non-hydrogen) atoms. The summed E-state index contributed by atoms with van der Waals surface area (Å²) >= 11 is 0. The second-order valence-corrected chi connectivity index (χ2v) is 2.98. The van der Waals surface area contributed by atoms with Gasteiger partial charge in [0.25, 0.3) is 0 Å². The molecular formula is C12H13NO. The van der Waals surface area contributed by atoms with Gasteiger partial charge in [0, 0.05) is 11.5 Å². The predicted molar refractivity (Wildman–Crippen MR) is 58.1 cm³/mol. The zero-order valence-corrected chi connectivity index (χ0v) is 7.94. The molecule has 0 spiro atoms. The van der Waals surface area contributed by atoms with Gasteiger partial charge >= 0.3 is 0 Å². The lowest BCUT2D eigenvalue weighted by Crippen LogP contribution is -2.10. The third-order valence-electron chi connectivity index (χ3n) is 2.09. The van der Waals surface area contributed by atoms with Crippen LogP contribution < -0.4 is 5.73 Å². The smallest absolute Gasteiger partial charge is 0.248 e. The Labute approximate surface area is 83.7 Å². The highest BCUT2D eigenvalue weighted by atomic mass is 16.1. The lowest BCUT2D eigenvalue weighted by molar-refractivity contribution is 0.100. The zero-order valence-electron chi connectivity index (χ0n) is 7.94. The van der Waals surface area contributed by atoms with Crippen molar-refractivity contribution in [3.63, 3.8) is 0 Å². The van der Waals surface area contributed by atoms with Crippen LogP contribution in [0.2, 0.25) is 0 Å². The second kappa shape index (κ2) is 4.42. The molecule has 1 aromatic rings. The monoisotopic (exact) mass is 187 g/mol. The Hall–Kier alpha value is -1.83. The highest BCUT2D eigenvalue weighted by molar-refractivity contribution is 5.92. The molecule has 1 rings (SSSR count). The average Bonchev–Trinajstić information content (AvgIpc) is 2.20. The summed E-state index contributed by atoms with van der Waals surface area (Å²) in [6.07, 6.45) is 3.60. The van der Waals surface area contributed by atoms with Crippen molar-refractivity contribution in [1.82, 2.24) is 0 Å². The van der Waals surface area contributed by atoms with Crippen LogP contribution in [0.1, 0.15) is 21.8 Å². The van der Waals surface area contributed by atoms with Gasteiger partial charge in [-0.3, -0.25) is 4.79 Å². The van der Waals surface area contributed by atoms with Crippen molar-refractivity contribution in [3.8, 4) is 0 Å². The van der Waals surface area contributed by atoms with Crippen molar-refractivity contribution < 1.29 is 4.79 Å². The minimum Gasteiger partial charge on any atom is -0.366 e. The first-order valence-corrected chi connectivity index (χ1v) is 4.34. The number of amides is 1. The van der Waals surface area contributed by atoms with Crippen molar-refractivity contribution in [2.45, 2.75) is 5.92 Å². The number of hydrogen-bond donors (Lipinski definition) is 1. The first-order valence-electron chi connectivity index (χ1n) is 4.34. The normalized spacial score (nSPS) is 9.79. The molecule has 0 heterocycles. The molecule has 0 radical (unpaired) electrons. The summed E-state index contributed by atoms with van der Waals surface area (Å²) in [6, 6.07) is 7.12. The van der Waals surface area contributed by atoms with E-state index in [1.807, 2.05) is 12.1 Å². The number of carbonyl (C=O) groups excluding carboxylic acids is 1. The van der Waals surface area contributed by atoms with Gasteiger partial charge in [0.15, 0.2) is 0 Å². The molecule has 0 aliphatic heterocycles. The van der Waals surface area contributed by atoms with E-state index in [0.29, 0.717) is 5.56 Å². The SMILES string of the molecule is C=CC(C=C)c1ccc(C(N)=O)cc1. The standard InChI is InChI=1S/C12H13NO/c1-3-9(4-2)10-5-7-11(8-6-10)12(13)14/h3-9H,1-2H2,(H2,13,14). The Morgan fingerprint density at radius 1 is 1.21 bits per heavy atom. The molecule has 2 nitrogen and oxygen atoms in total. The van der Waals surface area contributed by atoms with E-state index in [2.05, 4.69) is 13.2 Å². The fourth-order valence-electron chi connectivity index (χ4n) is 1.24. The van der Waals surface area contributed by atoms with Crippen LogP contribution in [0.4, 0.5) is 0 Å². The molecule has 0 aliphatic carbocycles. The fraction of sp³-hybridized carbons (Fsp3) is 0.0833. The van der Waals surface area contributed by atoms with E-state index >= 15 is 0 Å². The number of nitrogens with two attached hydrogens (primary N) is 1. The Kier molecular flexibility index (Phi) is 3.24. The molecule has 0 atom stereocenters. The summed E-state index contributed by atoms with van der Waals surface area (Å²) in [5.41, 5.74) is 6.70. The average molecular weight is 187 g/mol. The van der Waals surface area contributed by atoms with E-state index in [9.17, 15) is 4.79 Å². The van der Waals surface area contributed by atoms with E-state index in [0.717, 1.165) is 5.56 Å². The predicted octanol–water partition coefficient (Wildman–Crippen LogP) is 2.24. The van der Waals surface area contributed by atoms with Crippen LogP contribution in [0.3, 0.4) is 0 Å². The van der Waals surface area contributed by atoms with Crippen molar-refractivity contribution in [2.75, 3.05) is 0 Å². The van der Waals surface area contributed by atoms with Crippen LogP contribution >= 0.6 is 0 Å². The van der Waals surface area contributed by atoms with E-state index in [1.165, 1.54) is 0 Å². The summed E-state index contributed by atoms with van der Waals surface area (Å²) in [4.78, 5) is 10.8. The molecular weight excluding hydrogens is 174 g/mol. The highest BCUT2D eigenvalue weighted by Gasteiger charge is 2.04. The number of benzene rings is 1. The quantitative estimate of drug-likeness (QED) is 0.722. The molecule has 0 aromatic heterocycles. The second-order valence-electron chi connectivity index (χ2n) is 2.98. The molecule has 1 aromatic carbocycles. The number of carbonyl (C=O) groups is 1. The van der Waals surface area contributed by atoms with Gasteiger partial charge < -0.3 is 5.73 Å². The third-order valence-corrected chi connectivity index (χ3v) is 2.09. The molecule has 0 saturated heterocycles. The first kappa shape index (κ1) is 10.3. The summed E-state index contributed by atoms with van der Waals surface area (Å²) in [5.74, 6) is -0.290. The van der Waals surface area contributed by atoms with Gasteiger partial charge in [-0.15, -0.1) is 13.2 Å². The van der Waals surface area contributed by atoms with E-state index in [-0.39, 0.29) is 5.92 Å². The zero-order chi connectivity index (χ0) is 10.6. The Balaban J connectivity index is 2.98. The fourth-order valence-corrected chi connectivity index (χ4v) is 1.24. The summed E-state index contributed by atoms with van der Waals surface area (Å²) in [7, 11) is 0. The molecule has 2 heteroatoms. The Morgan fingerprint density at radius 2 is 1.71 bits per heavy atom. The maximum Gasteiger partial charge on any atom is 0.248 e. The van der Waals surface area contributed by atoms with E-state index in [1.54, 1.807) is 24.3 Å². The maximum atomic E-state index is 10.8. The Morgan fingerprint density at radius 3 is 2.07 bits per heavy atom. The van der Waals surface area contributed by atoms with Gasteiger partial charge in [-0.25, -0.2) is 0 Å². The van der Waals surface area contributed by atoms with Gasteiger partial charge in [-0.05, 0) is 17.7 Å². The number of primary amides is 1. The first-order chi connectivity index (χ1) is 6.69. The third kappa shape index (κ3) is 2.10. The van der Waals surface area contributed by atoms with Gasteiger partial charge in [0.2, 0.25) is 5.91 Å². The highest BCUT2D eigenvalue weighted by Crippen LogP contribution is 2.18. The van der Waals surface area contributed by atoms with Crippen LogP contribution in [-0.4, -0.2) is 5.91 Å².